The Labute approximate surface area is 91.7 Å². The van der Waals surface area contributed by atoms with E-state index in [1.54, 1.807) is 0 Å². The Morgan fingerprint density at radius 1 is 1.13 bits per heavy atom. The largest absolute Gasteiger partial charge is 0.394 e. The topological polar surface area (TPSA) is 102 Å². The van der Waals surface area contributed by atoms with Gasteiger partial charge in [-0.05, 0) is 6.42 Å². The van der Waals surface area contributed by atoms with Crippen LogP contribution in [0.1, 0.15) is 13.3 Å². The van der Waals surface area contributed by atoms with E-state index < -0.39 is 25.4 Å². The molecule has 0 saturated heterocycles. The summed E-state index contributed by atoms with van der Waals surface area (Å²) < 4.78 is 0. The first-order chi connectivity index (χ1) is 6.95. The molecule has 0 aliphatic rings. The van der Waals surface area contributed by atoms with Crippen LogP contribution in [0.5, 0.6) is 0 Å². The van der Waals surface area contributed by atoms with E-state index in [-0.39, 0.29) is 0 Å². The minimum absolute atomic E-state index is 0.403. The highest BCUT2D eigenvalue weighted by Crippen LogP contribution is 1.93. The van der Waals surface area contributed by atoms with E-state index in [4.69, 9.17) is 21.1 Å². The molecule has 0 rings (SSSR count). The molecule has 94 valence electrons. The molecular formula is C9H25N3O3. The summed E-state index contributed by atoms with van der Waals surface area (Å²) >= 11 is 0. The van der Waals surface area contributed by atoms with Crippen LogP contribution in [0.2, 0.25) is 0 Å². The summed E-state index contributed by atoms with van der Waals surface area (Å²) in [7, 11) is 3.99. The molecule has 0 aromatic heterocycles. The van der Waals surface area contributed by atoms with Crippen LogP contribution < -0.4 is 11.2 Å². The molecule has 0 saturated carbocycles. The molecule has 6 N–H and O–H groups in total. The average molecular weight is 223 g/mol. The Balaban J connectivity index is 0. The van der Waals surface area contributed by atoms with Gasteiger partial charge in [0.15, 0.2) is 0 Å². The van der Waals surface area contributed by atoms with Crippen LogP contribution >= 0.6 is 0 Å². The fraction of sp³-hybridized carbons (Fsp3) is 1.00. The zero-order chi connectivity index (χ0) is 12.3. The van der Waals surface area contributed by atoms with Crippen molar-refractivity contribution in [1.29, 1.82) is 0 Å². The lowest BCUT2D eigenvalue weighted by Crippen LogP contribution is -2.50. The number of nitrogens with zero attached hydrogens (tertiary/aromatic N) is 1. The van der Waals surface area contributed by atoms with Crippen LogP contribution in [0.25, 0.3) is 0 Å². The van der Waals surface area contributed by atoms with Crippen LogP contribution in [-0.2, 0) is 0 Å². The van der Waals surface area contributed by atoms with Crippen LogP contribution in [0.15, 0.2) is 0 Å². The third kappa shape index (κ3) is 11.7. The molecule has 0 bridgehead atoms. The molecule has 0 atom stereocenters. The second-order valence-corrected chi connectivity index (χ2v) is 3.64. The van der Waals surface area contributed by atoms with Gasteiger partial charge >= 0.3 is 0 Å². The summed E-state index contributed by atoms with van der Waals surface area (Å²) in [6, 6.07) is 0. The zero-order valence-electron chi connectivity index (χ0n) is 9.90. The van der Waals surface area contributed by atoms with E-state index >= 15 is 0 Å². The zero-order valence-corrected chi connectivity index (χ0v) is 9.90. The maximum absolute atomic E-state index is 8.34. The Kier molecular flexibility index (Phi) is 11.8. The van der Waals surface area contributed by atoms with Gasteiger partial charge in [0.05, 0.1) is 25.4 Å². The van der Waals surface area contributed by atoms with Crippen molar-refractivity contribution in [1.82, 2.24) is 10.4 Å². The highest BCUT2D eigenvalue weighted by atomic mass is 16.3. The normalized spacial score (nSPS) is 11.2. The van der Waals surface area contributed by atoms with Crippen LogP contribution in [-0.4, -0.2) is 66.3 Å². The van der Waals surface area contributed by atoms with E-state index in [0.717, 1.165) is 6.54 Å². The van der Waals surface area contributed by atoms with E-state index in [1.165, 1.54) is 6.42 Å². The molecule has 6 heteroatoms. The Morgan fingerprint density at radius 2 is 1.53 bits per heavy atom. The number of nitrogens with one attached hydrogen (secondary N) is 1. The highest BCUT2D eigenvalue weighted by Gasteiger charge is 2.20. The summed E-state index contributed by atoms with van der Waals surface area (Å²) in [6.07, 6.45) is 1.19. The molecule has 0 heterocycles. The van der Waals surface area contributed by atoms with Gasteiger partial charge in [-0.3, -0.25) is 10.4 Å². The fourth-order valence-corrected chi connectivity index (χ4v) is 0.485. The first-order valence-corrected chi connectivity index (χ1v) is 4.98. The number of aliphatic hydroxyl groups excluding tert-OH is 3. The minimum atomic E-state index is -1.21. The van der Waals surface area contributed by atoms with Gasteiger partial charge in [-0.15, -0.1) is 0 Å². The van der Waals surface area contributed by atoms with Crippen molar-refractivity contribution in [2.45, 2.75) is 18.9 Å². The molecule has 0 aliphatic carbocycles. The minimum Gasteiger partial charge on any atom is -0.394 e. The molecule has 0 amide bonds. The van der Waals surface area contributed by atoms with E-state index in [9.17, 15) is 0 Å². The highest BCUT2D eigenvalue weighted by molar-refractivity contribution is 4.80. The number of hydrazine groups is 1. The molecule has 0 aromatic carbocycles. The predicted molar refractivity (Wildman–Crippen MR) is 60.2 cm³/mol. The van der Waals surface area contributed by atoms with Crippen LogP contribution in [0, 0.1) is 0 Å². The van der Waals surface area contributed by atoms with Gasteiger partial charge in [-0.25, -0.2) is 0 Å². The lowest BCUT2D eigenvalue weighted by Gasteiger charge is -2.20. The van der Waals surface area contributed by atoms with Crippen molar-refractivity contribution < 1.29 is 15.3 Å². The van der Waals surface area contributed by atoms with Crippen molar-refractivity contribution in [3.8, 4) is 0 Å². The third-order valence-corrected chi connectivity index (χ3v) is 1.62. The Morgan fingerprint density at radius 3 is 1.60 bits per heavy atom. The number of aliphatic hydroxyl groups is 3. The molecule has 15 heavy (non-hydrogen) atoms. The second kappa shape index (κ2) is 10.3. The third-order valence-electron chi connectivity index (χ3n) is 1.62. The maximum Gasteiger partial charge on any atom is 0.0856 e. The molecule has 0 spiro atoms. The summed E-state index contributed by atoms with van der Waals surface area (Å²) in [6.45, 7) is 2.02. The van der Waals surface area contributed by atoms with Gasteiger partial charge in [0.25, 0.3) is 0 Å². The van der Waals surface area contributed by atoms with E-state index in [1.807, 2.05) is 19.1 Å². The van der Waals surface area contributed by atoms with Crippen LogP contribution in [0.4, 0.5) is 0 Å². The Bertz CT molecular complexity index is 122. The Hall–Kier alpha value is -0.240. The van der Waals surface area contributed by atoms with Gasteiger partial charge < -0.3 is 21.1 Å². The van der Waals surface area contributed by atoms with Crippen molar-refractivity contribution in [3.63, 3.8) is 0 Å². The van der Waals surface area contributed by atoms with Crippen molar-refractivity contribution in [3.05, 3.63) is 0 Å². The summed E-state index contributed by atoms with van der Waals surface area (Å²) in [5, 5.41) is 27.0. The monoisotopic (exact) mass is 223 g/mol. The summed E-state index contributed by atoms with van der Waals surface area (Å²) in [5.41, 5.74) is 7.07. The predicted octanol–water partition coefficient (Wildman–Crippen LogP) is -1.88. The van der Waals surface area contributed by atoms with E-state index in [2.05, 4.69) is 12.3 Å². The summed E-state index contributed by atoms with van der Waals surface area (Å²) in [5.74, 6) is 0. The molecule has 0 radical (unpaired) electrons. The molecular weight excluding hydrogens is 198 g/mol. The standard InChI is InChI=1S/C5H14N2.C4H11NO3/c1-4-5-6-7(2)3;5-4(1-6,2-7)3-8/h6H,4-5H2,1-3H3;6-8H,1-3,5H2. The number of hydrogen-bond acceptors (Lipinski definition) is 6. The molecule has 0 aliphatic heterocycles. The quantitative estimate of drug-likeness (QED) is 0.338. The SMILES string of the molecule is CCCNN(C)C.NC(CO)(CO)CO. The molecule has 0 aromatic rings. The molecule has 0 fully saturated rings. The second-order valence-electron chi connectivity index (χ2n) is 3.64. The molecule has 0 unspecified atom stereocenters. The van der Waals surface area contributed by atoms with Crippen LogP contribution in [0.3, 0.4) is 0 Å². The maximum atomic E-state index is 8.34. The first-order valence-electron chi connectivity index (χ1n) is 4.98. The van der Waals surface area contributed by atoms with Gasteiger partial charge in [0, 0.05) is 20.6 Å². The number of rotatable bonds is 6. The lowest BCUT2D eigenvalue weighted by atomic mass is 10.1. The van der Waals surface area contributed by atoms with Gasteiger partial charge in [0.2, 0.25) is 0 Å². The van der Waals surface area contributed by atoms with Crippen molar-refractivity contribution in [2.75, 3.05) is 40.5 Å². The van der Waals surface area contributed by atoms with Gasteiger partial charge in [0.1, 0.15) is 0 Å². The first kappa shape index (κ1) is 17.2. The lowest BCUT2D eigenvalue weighted by molar-refractivity contribution is 0.0698. The molecule has 6 nitrogen and oxygen atoms in total. The van der Waals surface area contributed by atoms with Gasteiger partial charge in [-0.1, -0.05) is 6.92 Å². The van der Waals surface area contributed by atoms with Crippen molar-refractivity contribution in [2.24, 2.45) is 5.73 Å². The summed E-state index contributed by atoms with van der Waals surface area (Å²) in [4.78, 5) is 0. The van der Waals surface area contributed by atoms with Crippen molar-refractivity contribution >= 4 is 0 Å². The average Bonchev–Trinajstić information content (AvgIpc) is 2.26. The fourth-order valence-electron chi connectivity index (χ4n) is 0.485. The number of nitrogens with two attached hydrogens (primary N) is 1. The van der Waals surface area contributed by atoms with E-state index in [0.29, 0.717) is 0 Å². The smallest absolute Gasteiger partial charge is 0.0856 e. The number of hydrogen-bond donors (Lipinski definition) is 5. The van der Waals surface area contributed by atoms with Gasteiger partial charge in [-0.2, -0.15) is 0 Å².